The minimum Gasteiger partial charge on any atom is -0.369 e. The fourth-order valence-electron chi connectivity index (χ4n) is 3.79. The lowest BCUT2D eigenvalue weighted by Crippen LogP contribution is -2.29. The van der Waals surface area contributed by atoms with Gasteiger partial charge in [-0.15, -0.1) is 0 Å². The summed E-state index contributed by atoms with van der Waals surface area (Å²) in [6.45, 7) is 1.89. The summed E-state index contributed by atoms with van der Waals surface area (Å²) in [4.78, 5) is 22.3. The van der Waals surface area contributed by atoms with Crippen molar-refractivity contribution in [2.45, 2.75) is 31.6 Å². The second kappa shape index (κ2) is 5.96. The Bertz CT molecular complexity index is 795. The number of aromatic nitrogens is 2. The Hall–Kier alpha value is -2.31. The molecule has 1 saturated heterocycles. The maximum atomic E-state index is 12.4. The van der Waals surface area contributed by atoms with E-state index in [0.717, 1.165) is 41.7 Å². The molecule has 0 spiro atoms. The van der Waals surface area contributed by atoms with Crippen LogP contribution in [-0.4, -0.2) is 46.8 Å². The van der Waals surface area contributed by atoms with Crippen LogP contribution in [0.4, 0.5) is 14.6 Å². The predicted molar refractivity (Wildman–Crippen MR) is 86.3 cm³/mol. The largest absolute Gasteiger partial charge is 0.369 e. The van der Waals surface area contributed by atoms with Crippen LogP contribution >= 0.6 is 0 Å². The number of rotatable bonds is 3. The third-order valence-corrected chi connectivity index (χ3v) is 4.89. The molecule has 126 valence electrons. The van der Waals surface area contributed by atoms with E-state index in [0.29, 0.717) is 13.1 Å². The van der Waals surface area contributed by atoms with E-state index in [1.165, 1.54) is 5.56 Å². The molecule has 1 fully saturated rings. The van der Waals surface area contributed by atoms with E-state index < -0.39 is 18.8 Å². The molecule has 0 saturated carbocycles. The van der Waals surface area contributed by atoms with Crippen molar-refractivity contribution < 1.29 is 13.6 Å². The average molecular weight is 332 g/mol. The first-order valence-corrected chi connectivity index (χ1v) is 8.19. The number of halogens is 2. The molecular weight excluding hydrogens is 314 g/mol. The second-order valence-corrected chi connectivity index (χ2v) is 6.34. The zero-order chi connectivity index (χ0) is 16.7. The van der Waals surface area contributed by atoms with Crippen LogP contribution < -0.4 is 5.32 Å². The van der Waals surface area contributed by atoms with Gasteiger partial charge in [0.1, 0.15) is 5.82 Å². The zero-order valence-corrected chi connectivity index (χ0v) is 13.1. The monoisotopic (exact) mass is 332 g/mol. The number of hydrogen-bond donors (Lipinski definition) is 1. The SMILES string of the molecule is O=C(CC(F)F)N1CCC(c2ccnc3cnc4c(c23)CCN4)C1. The number of pyridine rings is 2. The quantitative estimate of drug-likeness (QED) is 0.938. The topological polar surface area (TPSA) is 58.1 Å². The van der Waals surface area contributed by atoms with Gasteiger partial charge in [-0.2, -0.15) is 0 Å². The van der Waals surface area contributed by atoms with Gasteiger partial charge in [0.2, 0.25) is 12.3 Å². The smallest absolute Gasteiger partial charge is 0.247 e. The highest BCUT2D eigenvalue weighted by Gasteiger charge is 2.30. The van der Waals surface area contributed by atoms with Crippen LogP contribution in [-0.2, 0) is 11.2 Å². The normalized spacial score (nSPS) is 19.8. The number of hydrogen-bond acceptors (Lipinski definition) is 4. The van der Waals surface area contributed by atoms with Crippen molar-refractivity contribution in [3.63, 3.8) is 0 Å². The summed E-state index contributed by atoms with van der Waals surface area (Å²) >= 11 is 0. The van der Waals surface area contributed by atoms with Crippen LogP contribution in [0.3, 0.4) is 0 Å². The number of anilines is 1. The van der Waals surface area contributed by atoms with E-state index >= 15 is 0 Å². The maximum Gasteiger partial charge on any atom is 0.247 e. The highest BCUT2D eigenvalue weighted by Crippen LogP contribution is 2.36. The number of nitrogens with one attached hydrogen (secondary N) is 1. The van der Waals surface area contributed by atoms with Crippen molar-refractivity contribution in [3.05, 3.63) is 29.6 Å². The fraction of sp³-hybridized carbons (Fsp3) is 0.471. The van der Waals surface area contributed by atoms with E-state index in [2.05, 4.69) is 15.3 Å². The molecular formula is C17H18F2N4O. The molecule has 7 heteroatoms. The Morgan fingerprint density at radius 2 is 2.29 bits per heavy atom. The molecule has 1 N–H and O–H groups in total. The van der Waals surface area contributed by atoms with Gasteiger partial charge in [0.05, 0.1) is 18.1 Å². The number of carbonyl (C=O) groups is 1. The number of amides is 1. The molecule has 1 amide bonds. The molecule has 0 radical (unpaired) electrons. The van der Waals surface area contributed by atoms with Gasteiger partial charge in [0.25, 0.3) is 0 Å². The van der Waals surface area contributed by atoms with Gasteiger partial charge < -0.3 is 10.2 Å². The third kappa shape index (κ3) is 2.57. The van der Waals surface area contributed by atoms with Gasteiger partial charge in [-0.3, -0.25) is 9.78 Å². The Balaban J connectivity index is 1.66. The van der Waals surface area contributed by atoms with Crippen molar-refractivity contribution in [2.24, 2.45) is 0 Å². The first-order valence-electron chi connectivity index (χ1n) is 8.19. The van der Waals surface area contributed by atoms with E-state index in [9.17, 15) is 13.6 Å². The van der Waals surface area contributed by atoms with E-state index in [-0.39, 0.29) is 5.92 Å². The molecule has 1 unspecified atom stereocenters. The summed E-state index contributed by atoms with van der Waals surface area (Å²) < 4.78 is 24.9. The highest BCUT2D eigenvalue weighted by molar-refractivity contribution is 5.90. The minimum absolute atomic E-state index is 0.157. The molecule has 0 aromatic carbocycles. The van der Waals surface area contributed by atoms with Crippen LogP contribution in [0.2, 0.25) is 0 Å². The molecule has 0 aliphatic carbocycles. The van der Waals surface area contributed by atoms with Gasteiger partial charge >= 0.3 is 0 Å². The van der Waals surface area contributed by atoms with Crippen LogP contribution in [0.5, 0.6) is 0 Å². The molecule has 5 nitrogen and oxygen atoms in total. The Labute approximate surface area is 138 Å². The summed E-state index contributed by atoms with van der Waals surface area (Å²) in [5.41, 5.74) is 3.18. The van der Waals surface area contributed by atoms with Crippen molar-refractivity contribution in [2.75, 3.05) is 25.0 Å². The van der Waals surface area contributed by atoms with Crippen molar-refractivity contribution >= 4 is 22.6 Å². The molecule has 2 aliphatic heterocycles. The molecule has 0 bridgehead atoms. The van der Waals surface area contributed by atoms with Gasteiger partial charge in [0, 0.05) is 42.7 Å². The van der Waals surface area contributed by atoms with Gasteiger partial charge in [-0.05, 0) is 24.5 Å². The summed E-state index contributed by atoms with van der Waals surface area (Å²) in [5, 5.41) is 4.38. The molecule has 2 aliphatic rings. The number of alkyl halides is 2. The Kier molecular flexibility index (Phi) is 3.78. The second-order valence-electron chi connectivity index (χ2n) is 6.34. The number of fused-ring (bicyclic) bond motifs is 3. The van der Waals surface area contributed by atoms with Crippen molar-refractivity contribution in [1.82, 2.24) is 14.9 Å². The molecule has 4 heterocycles. The Morgan fingerprint density at radius 3 is 3.12 bits per heavy atom. The molecule has 2 aromatic rings. The lowest BCUT2D eigenvalue weighted by atomic mass is 9.93. The van der Waals surface area contributed by atoms with Gasteiger partial charge in [-0.25, -0.2) is 13.8 Å². The summed E-state index contributed by atoms with van der Waals surface area (Å²) in [5.74, 6) is 0.601. The maximum absolute atomic E-state index is 12.4. The zero-order valence-electron chi connectivity index (χ0n) is 13.1. The standard InChI is InChI=1S/C17H18F2N4O/c18-14(19)7-15(24)23-6-3-10(9-23)11-1-4-20-13-8-22-17-12(16(11)13)2-5-21-17/h1,4,8,10,14H,2-3,5-7,9H2,(H,21,22). The fourth-order valence-corrected chi connectivity index (χ4v) is 3.79. The summed E-state index contributed by atoms with van der Waals surface area (Å²) in [6, 6.07) is 1.99. The van der Waals surface area contributed by atoms with Crippen LogP contribution in [0.1, 0.15) is 29.9 Å². The third-order valence-electron chi connectivity index (χ3n) is 4.89. The predicted octanol–water partition coefficient (Wildman–Crippen LogP) is 2.57. The Morgan fingerprint density at radius 1 is 1.42 bits per heavy atom. The lowest BCUT2D eigenvalue weighted by Gasteiger charge is -2.18. The van der Waals surface area contributed by atoms with E-state index in [4.69, 9.17) is 0 Å². The average Bonchev–Trinajstić information content (AvgIpc) is 3.22. The van der Waals surface area contributed by atoms with Crippen LogP contribution in [0, 0.1) is 0 Å². The number of carbonyl (C=O) groups excluding carboxylic acids is 1. The van der Waals surface area contributed by atoms with Crippen molar-refractivity contribution in [1.29, 1.82) is 0 Å². The summed E-state index contributed by atoms with van der Waals surface area (Å²) in [7, 11) is 0. The van der Waals surface area contributed by atoms with Crippen molar-refractivity contribution in [3.8, 4) is 0 Å². The van der Waals surface area contributed by atoms with E-state index in [1.807, 2.05) is 6.07 Å². The molecule has 4 rings (SSSR count). The lowest BCUT2D eigenvalue weighted by molar-refractivity contribution is -0.132. The number of nitrogens with zero attached hydrogens (tertiary/aromatic N) is 3. The molecule has 2 aromatic heterocycles. The first kappa shape index (κ1) is 15.2. The highest BCUT2D eigenvalue weighted by atomic mass is 19.3. The van der Waals surface area contributed by atoms with Gasteiger partial charge in [0.15, 0.2) is 0 Å². The van der Waals surface area contributed by atoms with Crippen LogP contribution in [0.15, 0.2) is 18.5 Å². The summed E-state index contributed by atoms with van der Waals surface area (Å²) in [6.07, 6.45) is 1.95. The minimum atomic E-state index is -2.58. The first-order chi connectivity index (χ1) is 11.6. The van der Waals surface area contributed by atoms with E-state index in [1.54, 1.807) is 17.3 Å². The molecule has 24 heavy (non-hydrogen) atoms. The van der Waals surface area contributed by atoms with Gasteiger partial charge in [-0.1, -0.05) is 0 Å². The van der Waals surface area contributed by atoms with Crippen LogP contribution in [0.25, 0.3) is 10.9 Å². The number of likely N-dealkylation sites (tertiary alicyclic amines) is 1. The molecule has 1 atom stereocenters.